The highest BCUT2D eigenvalue weighted by atomic mass is 19.4. The van der Waals surface area contributed by atoms with Gasteiger partial charge in [0.1, 0.15) is 12.1 Å². The van der Waals surface area contributed by atoms with Crippen molar-refractivity contribution in [3.05, 3.63) is 18.1 Å². The van der Waals surface area contributed by atoms with Crippen molar-refractivity contribution < 1.29 is 17.9 Å². The first-order chi connectivity index (χ1) is 11.0. The van der Waals surface area contributed by atoms with Gasteiger partial charge in [0.25, 0.3) is 5.78 Å². The fourth-order valence-electron chi connectivity index (χ4n) is 3.43. The van der Waals surface area contributed by atoms with E-state index in [1.807, 2.05) is 20.8 Å². The monoisotopic (exact) mass is 343 g/mol. The minimum absolute atomic E-state index is 0.00154. The molecule has 1 saturated carbocycles. The number of hydrogen-bond acceptors (Lipinski definition) is 5. The Morgan fingerprint density at radius 3 is 2.54 bits per heavy atom. The van der Waals surface area contributed by atoms with Crippen molar-refractivity contribution in [2.45, 2.75) is 45.0 Å². The summed E-state index contributed by atoms with van der Waals surface area (Å²) >= 11 is 0. The summed E-state index contributed by atoms with van der Waals surface area (Å²) in [6, 6.07) is 1.01. The maximum Gasteiger partial charge on any atom is 0.433 e. The molecule has 2 aromatic heterocycles. The lowest BCUT2D eigenvalue weighted by atomic mass is 9.55. The Balaban J connectivity index is 2.05. The number of hydrogen-bond donors (Lipinski definition) is 0. The number of methoxy groups -OCH3 is 1. The summed E-state index contributed by atoms with van der Waals surface area (Å²) in [7, 11) is 3.42. The number of aromatic nitrogens is 4. The summed E-state index contributed by atoms with van der Waals surface area (Å²) in [4.78, 5) is 9.16. The Morgan fingerprint density at radius 2 is 2.00 bits per heavy atom. The smallest absolute Gasteiger partial charge is 0.378 e. The SMILES string of the molecule is CO[C@@]1(C)C[C@H](N(C)c2cc(C(F)(F)F)nc3ncnn23)C1(C)C. The van der Waals surface area contributed by atoms with Crippen molar-refractivity contribution in [3.8, 4) is 0 Å². The van der Waals surface area contributed by atoms with Crippen LogP contribution in [0.4, 0.5) is 19.0 Å². The van der Waals surface area contributed by atoms with E-state index in [0.29, 0.717) is 12.2 Å². The van der Waals surface area contributed by atoms with Crippen molar-refractivity contribution in [2.75, 3.05) is 19.1 Å². The lowest BCUT2D eigenvalue weighted by Gasteiger charge is -2.61. The highest BCUT2D eigenvalue weighted by Crippen LogP contribution is 2.54. The van der Waals surface area contributed by atoms with Crippen molar-refractivity contribution in [1.29, 1.82) is 0 Å². The average Bonchev–Trinajstić information content (AvgIpc) is 2.98. The van der Waals surface area contributed by atoms with Gasteiger partial charge in [0.2, 0.25) is 0 Å². The predicted octanol–water partition coefficient (Wildman–Crippen LogP) is 2.78. The van der Waals surface area contributed by atoms with Crippen LogP contribution in [0.5, 0.6) is 0 Å². The summed E-state index contributed by atoms with van der Waals surface area (Å²) in [6.07, 6.45) is -2.64. The highest BCUT2D eigenvalue weighted by Gasteiger charge is 2.59. The molecule has 1 aliphatic carbocycles. The molecule has 9 heteroatoms. The van der Waals surface area contributed by atoms with Gasteiger partial charge in [-0.15, -0.1) is 0 Å². The molecule has 0 radical (unpaired) electrons. The zero-order chi connectivity index (χ0) is 17.9. The fraction of sp³-hybridized carbons (Fsp3) is 0.667. The molecular formula is C15H20F3N5O. The second-order valence-corrected chi connectivity index (χ2v) is 6.96. The molecule has 2 heterocycles. The van der Waals surface area contributed by atoms with E-state index in [1.165, 1.54) is 10.8 Å². The largest absolute Gasteiger partial charge is 0.433 e. The molecule has 2 atom stereocenters. The van der Waals surface area contributed by atoms with E-state index in [0.717, 1.165) is 6.07 Å². The third kappa shape index (κ3) is 2.25. The van der Waals surface area contributed by atoms with Crippen LogP contribution in [0.2, 0.25) is 0 Å². The van der Waals surface area contributed by atoms with Crippen molar-refractivity contribution >= 4 is 11.6 Å². The van der Waals surface area contributed by atoms with Crippen LogP contribution in [0.25, 0.3) is 5.78 Å². The second kappa shape index (κ2) is 5.05. The van der Waals surface area contributed by atoms with Gasteiger partial charge in [-0.25, -0.2) is 4.98 Å². The average molecular weight is 343 g/mol. The van der Waals surface area contributed by atoms with Crippen LogP contribution in [0.15, 0.2) is 12.4 Å². The molecule has 132 valence electrons. The first-order valence-corrected chi connectivity index (χ1v) is 7.57. The molecule has 0 N–H and O–H groups in total. The van der Waals surface area contributed by atoms with E-state index in [9.17, 15) is 13.2 Å². The Hall–Kier alpha value is -1.90. The van der Waals surface area contributed by atoms with Gasteiger partial charge in [-0.1, -0.05) is 13.8 Å². The normalized spacial score (nSPS) is 26.4. The molecule has 0 aliphatic heterocycles. The number of ether oxygens (including phenoxy) is 1. The van der Waals surface area contributed by atoms with Crippen LogP contribution >= 0.6 is 0 Å². The van der Waals surface area contributed by atoms with Crippen molar-refractivity contribution in [3.63, 3.8) is 0 Å². The molecule has 1 aliphatic rings. The summed E-state index contributed by atoms with van der Waals surface area (Å²) in [5.41, 5.74) is -1.55. The molecule has 0 aromatic carbocycles. The van der Waals surface area contributed by atoms with E-state index in [4.69, 9.17) is 4.74 Å². The zero-order valence-corrected chi connectivity index (χ0v) is 14.2. The third-order valence-electron chi connectivity index (χ3n) is 5.58. The van der Waals surface area contributed by atoms with Gasteiger partial charge < -0.3 is 9.64 Å². The van der Waals surface area contributed by atoms with E-state index < -0.39 is 11.9 Å². The third-order valence-corrected chi connectivity index (χ3v) is 5.58. The highest BCUT2D eigenvalue weighted by molar-refractivity contribution is 5.49. The van der Waals surface area contributed by atoms with Crippen LogP contribution in [-0.2, 0) is 10.9 Å². The Morgan fingerprint density at radius 1 is 1.33 bits per heavy atom. The lowest BCUT2D eigenvalue weighted by molar-refractivity contribution is -0.172. The summed E-state index contributed by atoms with van der Waals surface area (Å²) in [6.45, 7) is 6.10. The minimum Gasteiger partial charge on any atom is -0.378 e. The molecule has 0 amide bonds. The van der Waals surface area contributed by atoms with Crippen LogP contribution < -0.4 is 4.90 Å². The van der Waals surface area contributed by atoms with Gasteiger partial charge in [0.15, 0.2) is 5.69 Å². The molecule has 24 heavy (non-hydrogen) atoms. The molecule has 0 bridgehead atoms. The first kappa shape index (κ1) is 16.9. The van der Waals surface area contributed by atoms with E-state index in [1.54, 1.807) is 19.1 Å². The van der Waals surface area contributed by atoms with Gasteiger partial charge in [0.05, 0.1) is 5.60 Å². The zero-order valence-electron chi connectivity index (χ0n) is 14.2. The van der Waals surface area contributed by atoms with Gasteiger partial charge in [0, 0.05) is 31.7 Å². The molecule has 2 aromatic rings. The van der Waals surface area contributed by atoms with Crippen LogP contribution in [0.1, 0.15) is 32.9 Å². The molecule has 0 spiro atoms. The molecule has 0 saturated heterocycles. The molecular weight excluding hydrogens is 323 g/mol. The van der Waals surface area contributed by atoms with E-state index in [-0.39, 0.29) is 22.8 Å². The van der Waals surface area contributed by atoms with Gasteiger partial charge >= 0.3 is 6.18 Å². The van der Waals surface area contributed by atoms with Crippen LogP contribution in [0.3, 0.4) is 0 Å². The number of alkyl halides is 3. The maximum atomic E-state index is 13.1. The summed E-state index contributed by atoms with van der Waals surface area (Å²) in [5.74, 6) is 0.236. The number of nitrogens with zero attached hydrogens (tertiary/aromatic N) is 5. The van der Waals surface area contributed by atoms with Gasteiger partial charge in [-0.2, -0.15) is 27.8 Å². The fourth-order valence-corrected chi connectivity index (χ4v) is 3.43. The molecule has 6 nitrogen and oxygen atoms in total. The van der Waals surface area contributed by atoms with E-state index in [2.05, 4.69) is 15.1 Å². The summed E-state index contributed by atoms with van der Waals surface area (Å²) < 4.78 is 46.3. The standard InChI is InChI=1S/C15H20F3N5O/c1-13(2)10(7-14(13,3)24-5)22(4)11-6-9(15(16,17)18)21-12-19-8-20-23(11)12/h6,8,10H,7H2,1-5H3/t10-,14-/m0/s1. The first-order valence-electron chi connectivity index (χ1n) is 7.57. The maximum absolute atomic E-state index is 13.1. The molecule has 3 rings (SSSR count). The van der Waals surface area contributed by atoms with Crippen LogP contribution in [0, 0.1) is 5.41 Å². The predicted molar refractivity (Wildman–Crippen MR) is 81.8 cm³/mol. The topological polar surface area (TPSA) is 55.5 Å². The number of fused-ring (bicyclic) bond motifs is 1. The van der Waals surface area contributed by atoms with Crippen LogP contribution in [-0.4, -0.2) is 45.4 Å². The second-order valence-electron chi connectivity index (χ2n) is 6.96. The summed E-state index contributed by atoms with van der Waals surface area (Å²) in [5, 5.41) is 4.01. The number of anilines is 1. The van der Waals surface area contributed by atoms with Crippen molar-refractivity contribution in [2.24, 2.45) is 5.41 Å². The Bertz CT molecular complexity index is 772. The quantitative estimate of drug-likeness (QED) is 0.858. The van der Waals surface area contributed by atoms with Gasteiger partial charge in [-0.05, 0) is 13.3 Å². The lowest BCUT2D eigenvalue weighted by Crippen LogP contribution is -2.68. The van der Waals surface area contributed by atoms with E-state index >= 15 is 0 Å². The number of halogens is 3. The minimum atomic E-state index is -4.54. The molecule has 1 fully saturated rings. The Labute approximate surface area is 137 Å². The molecule has 0 unspecified atom stereocenters. The number of rotatable bonds is 3. The van der Waals surface area contributed by atoms with Gasteiger partial charge in [-0.3, -0.25) is 0 Å². The van der Waals surface area contributed by atoms with Crippen molar-refractivity contribution in [1.82, 2.24) is 19.6 Å². The Kier molecular flexibility index (Phi) is 3.56.